The first kappa shape index (κ1) is 29.6. The Balaban J connectivity index is 1.65. The van der Waals surface area contributed by atoms with Crippen LogP contribution in [0.25, 0.3) is 0 Å². The van der Waals surface area contributed by atoms with Crippen molar-refractivity contribution < 1.29 is 10.2 Å². The molecule has 2 N–H and O–H groups in total. The zero-order valence-electron chi connectivity index (χ0n) is 26.5. The maximum Gasteiger partial charge on any atom is 0.0727 e. The average molecular weight is 515 g/mol. The number of fused-ring (bicyclic) bond motifs is 3. The highest BCUT2D eigenvalue weighted by molar-refractivity contribution is 5.31. The number of aliphatic hydroxyl groups excluding tert-OH is 1. The Hall–Kier alpha value is -0.340. The largest absolute Gasteiger partial charge is 0.390 e. The number of rotatable bonds is 6. The first-order valence-corrected chi connectivity index (χ1v) is 16.1. The molecule has 0 spiro atoms. The average Bonchev–Trinajstić information content (AvgIpc) is 2.73. The van der Waals surface area contributed by atoms with Crippen molar-refractivity contribution in [2.75, 3.05) is 0 Å². The van der Waals surface area contributed by atoms with Gasteiger partial charge >= 0.3 is 0 Å². The molecular formula is C35H62O2. The smallest absolute Gasteiger partial charge is 0.0727 e. The molecule has 0 heterocycles. The Labute approximate surface area is 230 Å². The van der Waals surface area contributed by atoms with E-state index < -0.39 is 5.60 Å². The molecule has 214 valence electrons. The summed E-state index contributed by atoms with van der Waals surface area (Å²) in [5.74, 6) is 6.05. The molecule has 4 aliphatic carbocycles. The van der Waals surface area contributed by atoms with E-state index in [1.165, 1.54) is 49.7 Å². The summed E-state index contributed by atoms with van der Waals surface area (Å²) in [6, 6.07) is 0. The van der Waals surface area contributed by atoms with Crippen LogP contribution in [0.15, 0.2) is 11.1 Å². The lowest BCUT2D eigenvalue weighted by molar-refractivity contribution is -0.216. The molecule has 0 aliphatic heterocycles. The first-order chi connectivity index (χ1) is 17.0. The summed E-state index contributed by atoms with van der Waals surface area (Å²) >= 11 is 0. The third kappa shape index (κ3) is 4.81. The molecule has 4 rings (SSSR count). The minimum atomic E-state index is -0.526. The van der Waals surface area contributed by atoms with E-state index in [1.807, 2.05) is 20.8 Å². The lowest BCUT2D eigenvalue weighted by Crippen LogP contribution is -2.65. The molecule has 0 aromatic rings. The number of unbranched alkanes of at least 4 members (excludes halogenated alkanes) is 1. The van der Waals surface area contributed by atoms with Gasteiger partial charge in [0.25, 0.3) is 0 Å². The van der Waals surface area contributed by atoms with Gasteiger partial charge in [-0.3, -0.25) is 0 Å². The predicted octanol–water partition coefficient (Wildman–Crippen LogP) is 9.05. The maximum atomic E-state index is 10.8. The Bertz CT molecular complexity index is 865. The third-order valence-corrected chi connectivity index (χ3v) is 13.6. The normalized spacial score (nSPS) is 49.2. The fraction of sp³-hybridized carbons (Fsp3) is 0.943. The van der Waals surface area contributed by atoms with Gasteiger partial charge in [-0.1, -0.05) is 79.7 Å². The Morgan fingerprint density at radius 2 is 1.68 bits per heavy atom. The Morgan fingerprint density at radius 3 is 2.27 bits per heavy atom. The van der Waals surface area contributed by atoms with E-state index >= 15 is 0 Å². The van der Waals surface area contributed by atoms with Crippen molar-refractivity contribution in [3.8, 4) is 0 Å². The molecule has 0 saturated heterocycles. The fourth-order valence-electron chi connectivity index (χ4n) is 12.2. The van der Waals surface area contributed by atoms with Gasteiger partial charge in [0.2, 0.25) is 0 Å². The summed E-state index contributed by atoms with van der Waals surface area (Å²) in [6.07, 6.45) is 11.1. The van der Waals surface area contributed by atoms with E-state index in [1.54, 1.807) is 0 Å². The van der Waals surface area contributed by atoms with Gasteiger partial charge < -0.3 is 10.2 Å². The van der Waals surface area contributed by atoms with Crippen LogP contribution in [0.4, 0.5) is 0 Å². The van der Waals surface area contributed by atoms with Crippen LogP contribution in [0.2, 0.25) is 0 Å². The van der Waals surface area contributed by atoms with E-state index in [0.29, 0.717) is 17.3 Å². The molecule has 3 saturated carbocycles. The van der Waals surface area contributed by atoms with Crippen molar-refractivity contribution in [1.82, 2.24) is 0 Å². The second-order valence-corrected chi connectivity index (χ2v) is 16.5. The van der Waals surface area contributed by atoms with Crippen molar-refractivity contribution in [3.05, 3.63) is 11.1 Å². The zero-order valence-corrected chi connectivity index (χ0v) is 26.5. The molecule has 0 amide bonds. The summed E-state index contributed by atoms with van der Waals surface area (Å²) in [7, 11) is 0. The Morgan fingerprint density at radius 1 is 1.03 bits per heavy atom. The van der Waals surface area contributed by atoms with Crippen molar-refractivity contribution in [3.63, 3.8) is 0 Å². The van der Waals surface area contributed by atoms with E-state index in [4.69, 9.17) is 0 Å². The highest BCUT2D eigenvalue weighted by Crippen LogP contribution is 2.74. The lowest BCUT2D eigenvalue weighted by atomic mass is 9.33. The third-order valence-electron chi connectivity index (χ3n) is 13.6. The SMILES string of the molecule is CC1=C(C(C)O)C(C)C2(C)C(C)C3C(C)C4C(C)CCC(CCCCC(C)(C)O)C4CC3(C)CC2(C)C1. The zero-order chi connectivity index (χ0) is 27.7. The highest BCUT2D eigenvalue weighted by atomic mass is 16.3. The van der Waals surface area contributed by atoms with Gasteiger partial charge in [0.15, 0.2) is 0 Å². The molecule has 0 aromatic heterocycles. The molecule has 2 heteroatoms. The van der Waals surface area contributed by atoms with Crippen LogP contribution in [0.1, 0.15) is 134 Å². The van der Waals surface area contributed by atoms with Crippen LogP contribution in [0, 0.1) is 63.6 Å². The molecule has 12 atom stereocenters. The minimum absolute atomic E-state index is 0.221. The topological polar surface area (TPSA) is 40.5 Å². The molecule has 4 aliphatic rings. The molecular weight excluding hydrogens is 452 g/mol. The number of aliphatic hydroxyl groups is 2. The van der Waals surface area contributed by atoms with Crippen LogP contribution in [-0.2, 0) is 0 Å². The number of hydrogen-bond acceptors (Lipinski definition) is 2. The lowest BCUT2D eigenvalue weighted by Gasteiger charge is -2.71. The Kier molecular flexibility index (Phi) is 7.96. The maximum absolute atomic E-state index is 10.8. The van der Waals surface area contributed by atoms with Gasteiger partial charge in [-0.25, -0.2) is 0 Å². The van der Waals surface area contributed by atoms with Crippen molar-refractivity contribution in [2.24, 2.45) is 63.6 Å². The van der Waals surface area contributed by atoms with Crippen LogP contribution < -0.4 is 0 Å². The second-order valence-electron chi connectivity index (χ2n) is 16.5. The number of hydrogen-bond donors (Lipinski definition) is 2. The highest BCUT2D eigenvalue weighted by Gasteiger charge is 2.67. The molecule has 3 fully saturated rings. The summed E-state index contributed by atoms with van der Waals surface area (Å²) in [4.78, 5) is 0. The van der Waals surface area contributed by atoms with Crippen molar-refractivity contribution in [1.29, 1.82) is 0 Å². The molecule has 0 bridgehead atoms. The summed E-state index contributed by atoms with van der Waals surface area (Å²) < 4.78 is 0. The monoisotopic (exact) mass is 514 g/mol. The van der Waals surface area contributed by atoms with Crippen LogP contribution >= 0.6 is 0 Å². The van der Waals surface area contributed by atoms with Gasteiger partial charge in [0.05, 0.1) is 11.7 Å². The molecule has 2 nitrogen and oxygen atoms in total. The summed E-state index contributed by atoms with van der Waals surface area (Å²) in [5, 5.41) is 21.0. The van der Waals surface area contributed by atoms with Crippen LogP contribution in [0.3, 0.4) is 0 Å². The van der Waals surface area contributed by atoms with Gasteiger partial charge in [0, 0.05) is 0 Å². The predicted molar refractivity (Wildman–Crippen MR) is 157 cm³/mol. The van der Waals surface area contributed by atoms with Crippen LogP contribution in [0.5, 0.6) is 0 Å². The second kappa shape index (κ2) is 9.94. The molecule has 37 heavy (non-hydrogen) atoms. The minimum Gasteiger partial charge on any atom is -0.390 e. The number of allylic oxidation sites excluding steroid dienone is 1. The molecule has 0 radical (unpaired) electrons. The van der Waals surface area contributed by atoms with Gasteiger partial charge in [-0.05, 0) is 129 Å². The molecule has 0 aromatic carbocycles. The quantitative estimate of drug-likeness (QED) is 0.274. The van der Waals surface area contributed by atoms with E-state index in [9.17, 15) is 10.2 Å². The standard InChI is InChI=1S/C35H62O2/c1-21-15-16-27(14-12-13-17-32(7,8)37)28-19-33(9)20-34(10)18-22(2)30(26(6)36)24(4)35(34,11)25(5)31(33)23(3)29(21)28/h21,23-29,31,36-37H,12-20H2,1-11H3. The van der Waals surface area contributed by atoms with Crippen LogP contribution in [-0.4, -0.2) is 21.9 Å². The van der Waals surface area contributed by atoms with Crippen molar-refractivity contribution >= 4 is 0 Å². The van der Waals surface area contributed by atoms with Gasteiger partial charge in [-0.2, -0.15) is 0 Å². The fourth-order valence-corrected chi connectivity index (χ4v) is 12.2. The van der Waals surface area contributed by atoms with Gasteiger partial charge in [0.1, 0.15) is 0 Å². The van der Waals surface area contributed by atoms with Gasteiger partial charge in [-0.15, -0.1) is 0 Å². The molecule has 12 unspecified atom stereocenters. The summed E-state index contributed by atoms with van der Waals surface area (Å²) in [6.45, 7) is 26.5. The van der Waals surface area contributed by atoms with E-state index in [0.717, 1.165) is 54.8 Å². The van der Waals surface area contributed by atoms with Crippen molar-refractivity contribution in [2.45, 2.75) is 146 Å². The van der Waals surface area contributed by atoms with E-state index in [-0.39, 0.29) is 16.9 Å². The summed E-state index contributed by atoms with van der Waals surface area (Å²) in [5.41, 5.74) is 3.19. The first-order valence-electron chi connectivity index (χ1n) is 16.1. The van der Waals surface area contributed by atoms with E-state index in [2.05, 4.69) is 55.4 Å².